The van der Waals surface area contributed by atoms with Crippen molar-refractivity contribution < 1.29 is 37.3 Å². The van der Waals surface area contributed by atoms with Crippen LogP contribution in [-0.4, -0.2) is 51.3 Å². The Morgan fingerprint density at radius 3 is 2.45 bits per heavy atom. The molecule has 2 unspecified atom stereocenters. The number of ether oxygens (including phenoxy) is 2. The molecule has 0 radical (unpaired) electrons. The molecule has 7 nitrogen and oxygen atoms in total. The number of fused-ring (bicyclic) bond motifs is 1. The molecule has 0 spiro atoms. The third kappa shape index (κ3) is 5.18. The topological polar surface area (TPSA) is 89.0 Å². The Morgan fingerprint density at radius 2 is 1.87 bits per heavy atom. The van der Waals surface area contributed by atoms with Gasteiger partial charge in [-0.05, 0) is 39.8 Å². The average molecular weight is 440 g/mol. The number of rotatable bonds is 3. The molecule has 3 rings (SSSR count). The largest absolute Gasteiger partial charge is 0.488 e. The zero-order valence-corrected chi connectivity index (χ0v) is 17.5. The van der Waals surface area contributed by atoms with E-state index in [9.17, 15) is 27.9 Å². The zero-order chi connectivity index (χ0) is 23.1. The molecule has 2 aromatic rings. The van der Waals surface area contributed by atoms with Crippen molar-refractivity contribution in [3.8, 4) is 5.75 Å². The van der Waals surface area contributed by atoms with Gasteiger partial charge in [-0.15, -0.1) is 0 Å². The van der Waals surface area contributed by atoms with Gasteiger partial charge in [0.1, 0.15) is 29.2 Å². The van der Waals surface area contributed by atoms with Crippen LogP contribution < -0.4 is 4.74 Å². The standard InChI is InChI=1S/C21H23F3N2O5/c1-11-5-6-14-13(7-11)16(9-17(25-14)21(22,23)24)30-12-8-15(18(27)28)26(10-12)19(29)31-20(2,3)4/h5-7,9,12,15H,8,10H2,1-4H3,(H,27,28). The average Bonchev–Trinajstić information content (AvgIpc) is 3.04. The lowest BCUT2D eigenvalue weighted by molar-refractivity contribution is -0.142. The van der Waals surface area contributed by atoms with Crippen LogP contribution in [0, 0.1) is 6.92 Å². The van der Waals surface area contributed by atoms with E-state index in [1.165, 1.54) is 6.07 Å². The predicted octanol–water partition coefficient (Wildman–Crippen LogP) is 4.40. The monoisotopic (exact) mass is 440 g/mol. The smallest absolute Gasteiger partial charge is 0.433 e. The number of hydrogen-bond acceptors (Lipinski definition) is 5. The van der Waals surface area contributed by atoms with Gasteiger partial charge in [0.15, 0.2) is 0 Å². The molecule has 10 heteroatoms. The summed E-state index contributed by atoms with van der Waals surface area (Å²) in [4.78, 5) is 28.8. The summed E-state index contributed by atoms with van der Waals surface area (Å²) in [7, 11) is 0. The van der Waals surface area contributed by atoms with E-state index in [4.69, 9.17) is 9.47 Å². The highest BCUT2D eigenvalue weighted by Gasteiger charge is 2.43. The fourth-order valence-electron chi connectivity index (χ4n) is 3.37. The Balaban J connectivity index is 1.93. The number of likely N-dealkylation sites (tertiary alicyclic amines) is 1. The number of benzene rings is 1. The molecular weight excluding hydrogens is 417 g/mol. The van der Waals surface area contributed by atoms with Crippen LogP contribution in [0.25, 0.3) is 10.9 Å². The molecule has 1 aliphatic rings. The molecule has 0 aliphatic carbocycles. The summed E-state index contributed by atoms with van der Waals surface area (Å²) in [6.07, 6.45) is -6.43. The number of aromatic nitrogens is 1. The van der Waals surface area contributed by atoms with E-state index in [0.717, 1.165) is 16.5 Å². The van der Waals surface area contributed by atoms with E-state index < -0.39 is 41.7 Å². The molecule has 1 saturated heterocycles. The maximum Gasteiger partial charge on any atom is 0.433 e. The SMILES string of the molecule is Cc1ccc2nc(C(F)(F)F)cc(OC3CC(C(=O)O)N(C(=O)OC(C)(C)C)C3)c2c1. The Labute approximate surface area is 176 Å². The number of alkyl halides is 3. The highest BCUT2D eigenvalue weighted by atomic mass is 19.4. The third-order valence-corrected chi connectivity index (χ3v) is 4.69. The van der Waals surface area contributed by atoms with E-state index in [-0.39, 0.29) is 24.2 Å². The quantitative estimate of drug-likeness (QED) is 0.761. The number of carbonyl (C=O) groups is 2. The number of carboxylic acids is 1. The predicted molar refractivity (Wildman–Crippen MR) is 105 cm³/mol. The fraction of sp³-hybridized carbons (Fsp3) is 0.476. The summed E-state index contributed by atoms with van der Waals surface area (Å²) in [5.41, 5.74) is -1.05. The normalized spacial score (nSPS) is 19.5. The molecule has 1 fully saturated rings. The molecule has 31 heavy (non-hydrogen) atoms. The summed E-state index contributed by atoms with van der Waals surface area (Å²) < 4.78 is 51.0. The number of carboxylic acid groups (broad SMARTS) is 1. The highest BCUT2D eigenvalue weighted by molar-refractivity contribution is 5.86. The number of nitrogens with zero attached hydrogens (tertiary/aromatic N) is 2. The second-order valence-corrected chi connectivity index (χ2v) is 8.49. The minimum atomic E-state index is -4.68. The minimum Gasteiger partial charge on any atom is -0.488 e. The molecule has 0 bridgehead atoms. The van der Waals surface area contributed by atoms with Gasteiger partial charge >= 0.3 is 18.2 Å². The highest BCUT2D eigenvalue weighted by Crippen LogP contribution is 2.36. The molecular formula is C21H23F3N2O5. The van der Waals surface area contributed by atoms with Crippen LogP contribution in [0.3, 0.4) is 0 Å². The minimum absolute atomic E-state index is 0.0683. The molecule has 1 N–H and O–H groups in total. The van der Waals surface area contributed by atoms with Crippen LogP contribution in [-0.2, 0) is 15.7 Å². The summed E-state index contributed by atoms with van der Waals surface area (Å²) in [6.45, 7) is 6.59. The first-order valence-electron chi connectivity index (χ1n) is 9.62. The lowest BCUT2D eigenvalue weighted by Gasteiger charge is -2.26. The van der Waals surface area contributed by atoms with Gasteiger partial charge in [-0.2, -0.15) is 13.2 Å². The first kappa shape index (κ1) is 22.6. The Bertz CT molecular complexity index is 1020. The van der Waals surface area contributed by atoms with E-state index in [1.807, 2.05) is 0 Å². The Kier molecular flexibility index (Phi) is 5.77. The summed E-state index contributed by atoms with van der Waals surface area (Å²) >= 11 is 0. The molecule has 168 valence electrons. The van der Waals surface area contributed by atoms with Crippen molar-refractivity contribution in [3.63, 3.8) is 0 Å². The van der Waals surface area contributed by atoms with Crippen molar-refractivity contribution in [2.75, 3.05) is 6.54 Å². The van der Waals surface area contributed by atoms with Gasteiger partial charge in [-0.1, -0.05) is 11.6 Å². The summed E-state index contributed by atoms with van der Waals surface area (Å²) in [5, 5.41) is 9.88. The van der Waals surface area contributed by atoms with Gasteiger partial charge in [0.2, 0.25) is 0 Å². The number of pyridine rings is 1. The van der Waals surface area contributed by atoms with Crippen LogP contribution in [0.4, 0.5) is 18.0 Å². The maximum absolute atomic E-state index is 13.3. The van der Waals surface area contributed by atoms with E-state index in [0.29, 0.717) is 5.39 Å². The molecule has 1 amide bonds. The van der Waals surface area contributed by atoms with Gasteiger partial charge in [0.25, 0.3) is 0 Å². The van der Waals surface area contributed by atoms with Crippen LogP contribution in [0.5, 0.6) is 5.75 Å². The van der Waals surface area contributed by atoms with Crippen molar-refractivity contribution in [2.45, 2.75) is 58.0 Å². The molecule has 1 aliphatic heterocycles. The zero-order valence-electron chi connectivity index (χ0n) is 17.5. The first-order chi connectivity index (χ1) is 14.2. The first-order valence-corrected chi connectivity index (χ1v) is 9.62. The fourth-order valence-corrected chi connectivity index (χ4v) is 3.37. The van der Waals surface area contributed by atoms with Crippen molar-refractivity contribution in [1.29, 1.82) is 0 Å². The van der Waals surface area contributed by atoms with Gasteiger partial charge < -0.3 is 14.6 Å². The van der Waals surface area contributed by atoms with Gasteiger partial charge in [-0.25, -0.2) is 14.6 Å². The van der Waals surface area contributed by atoms with Crippen molar-refractivity contribution in [1.82, 2.24) is 9.88 Å². The van der Waals surface area contributed by atoms with Crippen LogP contribution in [0.2, 0.25) is 0 Å². The van der Waals surface area contributed by atoms with E-state index in [2.05, 4.69) is 4.98 Å². The number of aliphatic carboxylic acids is 1. The van der Waals surface area contributed by atoms with Crippen LogP contribution in [0.15, 0.2) is 24.3 Å². The summed E-state index contributed by atoms with van der Waals surface area (Å²) in [6, 6.07) is 4.34. The molecule has 0 saturated carbocycles. The number of hydrogen-bond donors (Lipinski definition) is 1. The number of aryl methyl sites for hydroxylation is 1. The molecule has 1 aromatic carbocycles. The van der Waals surface area contributed by atoms with Crippen molar-refractivity contribution in [3.05, 3.63) is 35.5 Å². The van der Waals surface area contributed by atoms with E-state index >= 15 is 0 Å². The van der Waals surface area contributed by atoms with Gasteiger partial charge in [0.05, 0.1) is 12.1 Å². The van der Waals surface area contributed by atoms with Gasteiger partial charge in [0, 0.05) is 17.9 Å². The van der Waals surface area contributed by atoms with Gasteiger partial charge in [-0.3, -0.25) is 4.90 Å². The summed E-state index contributed by atoms with van der Waals surface area (Å²) in [5.74, 6) is -1.32. The Hall–Kier alpha value is -3.04. The molecule has 2 atom stereocenters. The third-order valence-electron chi connectivity index (χ3n) is 4.69. The maximum atomic E-state index is 13.3. The second kappa shape index (κ2) is 7.90. The van der Waals surface area contributed by atoms with Crippen LogP contribution >= 0.6 is 0 Å². The van der Waals surface area contributed by atoms with Crippen molar-refractivity contribution >= 4 is 23.0 Å². The van der Waals surface area contributed by atoms with Crippen LogP contribution in [0.1, 0.15) is 38.4 Å². The van der Waals surface area contributed by atoms with Crippen molar-refractivity contribution in [2.24, 2.45) is 0 Å². The molecule has 2 heterocycles. The second-order valence-electron chi connectivity index (χ2n) is 8.49. The molecule has 1 aromatic heterocycles. The lowest BCUT2D eigenvalue weighted by Crippen LogP contribution is -2.43. The lowest BCUT2D eigenvalue weighted by atomic mass is 10.1. The number of carbonyl (C=O) groups excluding carboxylic acids is 1. The number of amides is 1. The van der Waals surface area contributed by atoms with E-state index in [1.54, 1.807) is 39.8 Å². The Morgan fingerprint density at radius 1 is 1.19 bits per heavy atom. The number of halogens is 3.